The lowest BCUT2D eigenvalue weighted by molar-refractivity contribution is -0.137. The first-order valence-corrected chi connectivity index (χ1v) is 7.06. The van der Waals surface area contributed by atoms with Crippen molar-refractivity contribution < 1.29 is 22.6 Å². The third kappa shape index (κ3) is 4.32. The van der Waals surface area contributed by atoms with Crippen LogP contribution in [0.5, 0.6) is 11.5 Å². The van der Waals surface area contributed by atoms with Crippen LogP contribution in [0.15, 0.2) is 42.5 Å². The van der Waals surface area contributed by atoms with Gasteiger partial charge in [-0.05, 0) is 30.3 Å². The molecule has 1 N–H and O–H groups in total. The van der Waals surface area contributed by atoms with Crippen molar-refractivity contribution in [2.45, 2.75) is 6.18 Å². The van der Waals surface area contributed by atoms with Crippen molar-refractivity contribution in [3.05, 3.63) is 53.6 Å². The van der Waals surface area contributed by atoms with E-state index in [4.69, 9.17) is 14.7 Å². The lowest BCUT2D eigenvalue weighted by Gasteiger charge is -2.13. The van der Waals surface area contributed by atoms with Crippen molar-refractivity contribution in [2.75, 3.05) is 25.6 Å². The number of nitrogens with one attached hydrogen (secondary N) is 1. The Balaban J connectivity index is 1.97. The summed E-state index contributed by atoms with van der Waals surface area (Å²) in [6.45, 7) is 0.531. The van der Waals surface area contributed by atoms with Gasteiger partial charge in [-0.25, -0.2) is 0 Å². The van der Waals surface area contributed by atoms with E-state index in [1.807, 2.05) is 0 Å². The largest absolute Gasteiger partial charge is 0.493 e. The van der Waals surface area contributed by atoms with Crippen LogP contribution in [0.3, 0.4) is 0 Å². The van der Waals surface area contributed by atoms with Gasteiger partial charge in [-0.15, -0.1) is 0 Å². The van der Waals surface area contributed by atoms with Crippen molar-refractivity contribution >= 4 is 5.69 Å². The molecule has 0 aromatic heterocycles. The van der Waals surface area contributed by atoms with E-state index in [1.54, 1.807) is 30.3 Å². The molecule has 126 valence electrons. The number of nitriles is 1. The van der Waals surface area contributed by atoms with Crippen molar-refractivity contribution in [2.24, 2.45) is 0 Å². The molecule has 4 nitrogen and oxygen atoms in total. The first-order chi connectivity index (χ1) is 11.5. The van der Waals surface area contributed by atoms with Gasteiger partial charge in [-0.3, -0.25) is 0 Å². The number of benzene rings is 2. The fourth-order valence-corrected chi connectivity index (χ4v) is 2.08. The number of methoxy groups -OCH3 is 1. The number of nitrogens with zero attached hydrogens (tertiary/aromatic N) is 1. The highest BCUT2D eigenvalue weighted by molar-refractivity contribution is 5.53. The molecular formula is C17H15F3N2O2. The minimum Gasteiger partial charge on any atom is -0.493 e. The van der Waals surface area contributed by atoms with E-state index in [0.717, 1.165) is 12.1 Å². The van der Waals surface area contributed by atoms with E-state index in [0.29, 0.717) is 18.0 Å². The summed E-state index contributed by atoms with van der Waals surface area (Å²) in [6.07, 6.45) is -4.57. The number of hydrogen-bond donors (Lipinski definition) is 1. The summed E-state index contributed by atoms with van der Waals surface area (Å²) in [6, 6.07) is 12.1. The Morgan fingerprint density at radius 1 is 1.12 bits per heavy atom. The highest BCUT2D eigenvalue weighted by Gasteiger charge is 2.33. The lowest BCUT2D eigenvalue weighted by atomic mass is 10.1. The number of anilines is 1. The molecule has 0 aliphatic carbocycles. The Morgan fingerprint density at radius 2 is 1.83 bits per heavy atom. The topological polar surface area (TPSA) is 54.3 Å². The molecule has 0 aliphatic rings. The van der Waals surface area contributed by atoms with E-state index >= 15 is 0 Å². The highest BCUT2D eigenvalue weighted by Crippen LogP contribution is 2.33. The SMILES string of the molecule is COc1ccccc1OCCNc1ccc(C#N)c(C(F)(F)F)c1. The minimum atomic E-state index is -4.57. The van der Waals surface area contributed by atoms with Crippen LogP contribution in [0.4, 0.5) is 18.9 Å². The Morgan fingerprint density at radius 3 is 2.46 bits per heavy atom. The van der Waals surface area contributed by atoms with E-state index < -0.39 is 17.3 Å². The fraction of sp³-hybridized carbons (Fsp3) is 0.235. The molecule has 2 aromatic carbocycles. The van der Waals surface area contributed by atoms with Crippen LogP contribution in [0.25, 0.3) is 0 Å². The molecule has 0 amide bonds. The quantitative estimate of drug-likeness (QED) is 0.808. The zero-order chi connectivity index (χ0) is 17.6. The van der Waals surface area contributed by atoms with E-state index in [9.17, 15) is 13.2 Å². The second kappa shape index (κ2) is 7.59. The maximum atomic E-state index is 12.9. The van der Waals surface area contributed by atoms with Gasteiger partial charge in [0.05, 0.1) is 24.3 Å². The first-order valence-electron chi connectivity index (χ1n) is 7.06. The normalized spacial score (nSPS) is 10.8. The molecule has 0 bridgehead atoms. The molecule has 0 saturated carbocycles. The lowest BCUT2D eigenvalue weighted by Crippen LogP contribution is -2.13. The summed E-state index contributed by atoms with van der Waals surface area (Å²) >= 11 is 0. The molecule has 7 heteroatoms. The number of rotatable bonds is 6. The monoisotopic (exact) mass is 336 g/mol. The number of alkyl halides is 3. The number of para-hydroxylation sites is 2. The summed E-state index contributed by atoms with van der Waals surface area (Å²) in [7, 11) is 1.52. The van der Waals surface area contributed by atoms with E-state index in [1.165, 1.54) is 13.2 Å². The van der Waals surface area contributed by atoms with E-state index in [2.05, 4.69) is 5.32 Å². The maximum Gasteiger partial charge on any atom is 0.417 e. The highest BCUT2D eigenvalue weighted by atomic mass is 19.4. The standard InChI is InChI=1S/C17H15F3N2O2/c1-23-15-4-2-3-5-16(15)24-9-8-22-13-7-6-12(11-21)14(10-13)17(18,19)20/h2-7,10,22H,8-9H2,1H3. The Labute approximate surface area is 137 Å². The van der Waals surface area contributed by atoms with Gasteiger partial charge in [-0.2, -0.15) is 18.4 Å². The zero-order valence-electron chi connectivity index (χ0n) is 12.9. The molecule has 2 aromatic rings. The van der Waals surface area contributed by atoms with Crippen molar-refractivity contribution in [3.63, 3.8) is 0 Å². The summed E-state index contributed by atoms with van der Waals surface area (Å²) in [5.74, 6) is 1.13. The van der Waals surface area contributed by atoms with Gasteiger partial charge in [0, 0.05) is 12.2 Å². The van der Waals surface area contributed by atoms with Gasteiger partial charge in [0.25, 0.3) is 0 Å². The van der Waals surface area contributed by atoms with Crippen LogP contribution < -0.4 is 14.8 Å². The molecule has 0 fully saturated rings. The van der Waals surface area contributed by atoms with Crippen LogP contribution in [0.2, 0.25) is 0 Å². The number of halogens is 3. The molecular weight excluding hydrogens is 321 g/mol. The Hall–Kier alpha value is -2.88. The van der Waals surface area contributed by atoms with Crippen LogP contribution in [-0.2, 0) is 6.18 Å². The zero-order valence-corrected chi connectivity index (χ0v) is 12.9. The van der Waals surface area contributed by atoms with Gasteiger partial charge in [0.2, 0.25) is 0 Å². The maximum absolute atomic E-state index is 12.9. The van der Waals surface area contributed by atoms with Crippen LogP contribution in [-0.4, -0.2) is 20.3 Å². The predicted octanol–water partition coefficient (Wildman–Crippen LogP) is 4.08. The summed E-state index contributed by atoms with van der Waals surface area (Å²) < 4.78 is 49.3. The smallest absolute Gasteiger partial charge is 0.417 e. The molecule has 0 heterocycles. The summed E-state index contributed by atoms with van der Waals surface area (Å²) in [5, 5.41) is 11.6. The van der Waals surface area contributed by atoms with Crippen LogP contribution in [0.1, 0.15) is 11.1 Å². The molecule has 0 radical (unpaired) electrons. The third-order valence-electron chi connectivity index (χ3n) is 3.20. The average molecular weight is 336 g/mol. The molecule has 0 unspecified atom stereocenters. The van der Waals surface area contributed by atoms with Gasteiger partial charge >= 0.3 is 6.18 Å². The fourth-order valence-electron chi connectivity index (χ4n) is 2.08. The Bertz CT molecular complexity index is 739. The number of ether oxygens (including phenoxy) is 2. The minimum absolute atomic E-state index is 0.238. The van der Waals surface area contributed by atoms with Gasteiger partial charge in [0.1, 0.15) is 6.61 Å². The first kappa shape index (κ1) is 17.5. The van der Waals surface area contributed by atoms with Gasteiger partial charge < -0.3 is 14.8 Å². The van der Waals surface area contributed by atoms with E-state index in [-0.39, 0.29) is 12.3 Å². The third-order valence-corrected chi connectivity index (χ3v) is 3.20. The predicted molar refractivity (Wildman–Crippen MR) is 83.1 cm³/mol. The molecule has 0 saturated heterocycles. The van der Waals surface area contributed by atoms with Gasteiger partial charge in [-0.1, -0.05) is 12.1 Å². The Kier molecular flexibility index (Phi) is 5.53. The molecule has 0 spiro atoms. The number of hydrogen-bond acceptors (Lipinski definition) is 4. The van der Waals surface area contributed by atoms with Crippen molar-refractivity contribution in [1.29, 1.82) is 5.26 Å². The molecule has 0 aliphatic heterocycles. The average Bonchev–Trinajstić information content (AvgIpc) is 2.58. The molecule has 0 atom stereocenters. The van der Waals surface area contributed by atoms with Crippen molar-refractivity contribution in [3.8, 4) is 17.6 Å². The van der Waals surface area contributed by atoms with Crippen molar-refractivity contribution in [1.82, 2.24) is 0 Å². The molecule has 2 rings (SSSR count). The second-order valence-electron chi connectivity index (χ2n) is 4.80. The van der Waals surface area contributed by atoms with Crippen LogP contribution in [0, 0.1) is 11.3 Å². The summed E-state index contributed by atoms with van der Waals surface area (Å²) in [5.41, 5.74) is -1.09. The summed E-state index contributed by atoms with van der Waals surface area (Å²) in [4.78, 5) is 0. The second-order valence-corrected chi connectivity index (χ2v) is 4.80. The van der Waals surface area contributed by atoms with Crippen LogP contribution >= 0.6 is 0 Å². The van der Waals surface area contributed by atoms with Gasteiger partial charge in [0.15, 0.2) is 11.5 Å². The molecule has 24 heavy (non-hydrogen) atoms.